The molecule has 1 aliphatic rings. The molecule has 0 saturated carbocycles. The Morgan fingerprint density at radius 2 is 1.56 bits per heavy atom. The number of aromatic amines is 1. The number of nitrogens with zero attached hydrogens (tertiary/aromatic N) is 3. The molecule has 3 amide bonds. The fourth-order valence-corrected chi connectivity index (χ4v) is 6.74. The first-order valence-electron chi connectivity index (χ1n) is 15.3. The summed E-state index contributed by atoms with van der Waals surface area (Å²) >= 11 is 25.6. The molecule has 5 rings (SSSR count). The lowest BCUT2D eigenvalue weighted by Crippen LogP contribution is -2.63. The van der Waals surface area contributed by atoms with Crippen LogP contribution < -0.4 is 0 Å². The molecular weight excluding hydrogens is 698 g/mol. The van der Waals surface area contributed by atoms with Gasteiger partial charge in [-0.25, -0.2) is 0 Å². The van der Waals surface area contributed by atoms with Gasteiger partial charge in [-0.3, -0.25) is 19.2 Å². The Hall–Kier alpha value is -3.76. The lowest BCUT2D eigenvalue weighted by molar-refractivity contribution is -0.159. The summed E-state index contributed by atoms with van der Waals surface area (Å²) in [5.74, 6) is -2.10. The number of hydrogen-bond donors (Lipinski definition) is 1. The summed E-state index contributed by atoms with van der Waals surface area (Å²) in [6, 6.07) is 20.6. The van der Waals surface area contributed by atoms with Gasteiger partial charge in [0, 0.05) is 46.5 Å². The molecule has 2 heterocycles. The van der Waals surface area contributed by atoms with Gasteiger partial charge in [0.2, 0.25) is 17.7 Å². The van der Waals surface area contributed by atoms with Crippen LogP contribution in [-0.2, 0) is 43.2 Å². The molecule has 1 N–H and O–H groups in total. The van der Waals surface area contributed by atoms with Crippen LogP contribution in [0.2, 0.25) is 10.0 Å². The number of H-pyrrole nitrogens is 1. The summed E-state index contributed by atoms with van der Waals surface area (Å²) in [4.78, 5) is 61.5. The van der Waals surface area contributed by atoms with Gasteiger partial charge in [-0.15, -0.1) is 0 Å². The van der Waals surface area contributed by atoms with Crippen LogP contribution in [0.15, 0.2) is 79.0 Å². The van der Waals surface area contributed by atoms with Crippen molar-refractivity contribution in [1.82, 2.24) is 19.7 Å². The van der Waals surface area contributed by atoms with Crippen LogP contribution in [0.25, 0.3) is 10.9 Å². The maximum absolute atomic E-state index is 14.2. The smallest absolute Gasteiger partial charge is 0.325 e. The molecule has 0 radical (unpaired) electrons. The molecule has 4 aromatic rings. The standard InChI is InChI=1S/C35H34Cl4N4O5/c1-48-34(46)21-42(30(38)16-22-6-10-25(36)11-7-22)32(44)18-29-35(47)43(31(39)17-23-8-12-26(37)13-9-23)20-33(45)41(29)15-14-24-19-40-28-5-3-2-4-27(24)28/h2-13,19,29-31,40H,14-18,20-21H2,1H3. The molecule has 13 heteroatoms. The van der Waals surface area contributed by atoms with Gasteiger partial charge in [0.1, 0.15) is 30.1 Å². The minimum Gasteiger partial charge on any atom is -0.468 e. The molecule has 1 aliphatic heterocycles. The van der Waals surface area contributed by atoms with Crippen molar-refractivity contribution in [3.05, 3.63) is 106 Å². The predicted molar refractivity (Wildman–Crippen MR) is 187 cm³/mol. The number of rotatable bonds is 13. The van der Waals surface area contributed by atoms with E-state index in [-0.39, 0.29) is 31.8 Å². The highest BCUT2D eigenvalue weighted by molar-refractivity contribution is 6.30. The van der Waals surface area contributed by atoms with Crippen LogP contribution in [0.1, 0.15) is 23.1 Å². The van der Waals surface area contributed by atoms with Gasteiger partial charge in [0.15, 0.2) is 0 Å². The largest absolute Gasteiger partial charge is 0.468 e. The second-order valence-corrected chi connectivity index (χ2v) is 13.4. The van der Waals surface area contributed by atoms with Gasteiger partial charge in [0.25, 0.3) is 0 Å². The molecule has 3 atom stereocenters. The number of para-hydroxylation sites is 1. The summed E-state index contributed by atoms with van der Waals surface area (Å²) in [6.45, 7) is -0.520. The van der Waals surface area contributed by atoms with Crippen molar-refractivity contribution < 1.29 is 23.9 Å². The second kappa shape index (κ2) is 16.1. The SMILES string of the molecule is COC(=O)CN(C(=O)CC1C(=O)N(C(Cl)Cc2ccc(Cl)cc2)CC(=O)N1CCc1c[nH]c2ccccc12)C(Cl)Cc1ccc(Cl)cc1. The van der Waals surface area contributed by atoms with E-state index in [0.717, 1.165) is 27.6 Å². The third-order valence-corrected chi connectivity index (χ3v) is 9.68. The Morgan fingerprint density at radius 1 is 0.938 bits per heavy atom. The maximum atomic E-state index is 14.2. The minimum absolute atomic E-state index is 0.175. The molecule has 3 unspecified atom stereocenters. The number of aromatic nitrogens is 1. The molecule has 0 aliphatic carbocycles. The van der Waals surface area contributed by atoms with Crippen LogP contribution >= 0.6 is 46.4 Å². The van der Waals surface area contributed by atoms with Crippen molar-refractivity contribution in [3.63, 3.8) is 0 Å². The van der Waals surface area contributed by atoms with E-state index in [2.05, 4.69) is 4.98 Å². The number of nitrogens with one attached hydrogen (secondary N) is 1. The number of piperazine rings is 1. The number of hydrogen-bond acceptors (Lipinski definition) is 5. The van der Waals surface area contributed by atoms with E-state index in [1.807, 2.05) is 30.5 Å². The fourth-order valence-electron chi connectivity index (χ4n) is 5.79. The van der Waals surface area contributed by atoms with Gasteiger partial charge >= 0.3 is 5.97 Å². The number of amides is 3. The van der Waals surface area contributed by atoms with E-state index in [9.17, 15) is 19.2 Å². The highest BCUT2D eigenvalue weighted by atomic mass is 35.5. The molecule has 48 heavy (non-hydrogen) atoms. The van der Waals surface area contributed by atoms with E-state index in [1.54, 1.807) is 48.5 Å². The van der Waals surface area contributed by atoms with Gasteiger partial charge in [-0.2, -0.15) is 0 Å². The molecule has 3 aromatic carbocycles. The zero-order valence-electron chi connectivity index (χ0n) is 26.1. The number of methoxy groups -OCH3 is 1. The minimum atomic E-state index is -1.19. The Bertz CT molecular complexity index is 1760. The number of benzene rings is 3. The number of ether oxygens (including phenoxy) is 1. The van der Waals surface area contributed by atoms with Crippen LogP contribution in [0.4, 0.5) is 0 Å². The average molecular weight is 732 g/mol. The first-order chi connectivity index (χ1) is 23.0. The molecule has 0 bridgehead atoms. The number of esters is 1. The number of carbonyl (C=O) groups is 4. The van der Waals surface area contributed by atoms with Crippen LogP contribution in [-0.4, -0.2) is 87.2 Å². The number of carbonyl (C=O) groups excluding carboxylic acids is 4. The summed E-state index contributed by atoms with van der Waals surface area (Å²) in [6.07, 6.45) is 2.35. The Kier molecular flexibility index (Phi) is 11.9. The highest BCUT2D eigenvalue weighted by Gasteiger charge is 2.43. The fraction of sp³-hybridized carbons (Fsp3) is 0.314. The number of halogens is 4. The Balaban J connectivity index is 1.40. The van der Waals surface area contributed by atoms with E-state index in [0.29, 0.717) is 16.5 Å². The van der Waals surface area contributed by atoms with Crippen molar-refractivity contribution >= 4 is 81.0 Å². The maximum Gasteiger partial charge on any atom is 0.325 e. The predicted octanol–water partition coefficient (Wildman–Crippen LogP) is 6.06. The van der Waals surface area contributed by atoms with Crippen LogP contribution in [0, 0.1) is 0 Å². The molecule has 0 spiro atoms. The summed E-state index contributed by atoms with van der Waals surface area (Å²) in [5, 5.41) is 2.10. The van der Waals surface area contributed by atoms with E-state index in [4.69, 9.17) is 51.1 Å². The third-order valence-electron chi connectivity index (χ3n) is 8.39. The normalized spacial score (nSPS) is 16.2. The lowest BCUT2D eigenvalue weighted by atomic mass is 10.0. The van der Waals surface area contributed by atoms with Crippen molar-refractivity contribution in [2.75, 3.05) is 26.7 Å². The van der Waals surface area contributed by atoms with E-state index in [1.165, 1.54) is 21.8 Å². The molecule has 1 aromatic heterocycles. The molecule has 1 saturated heterocycles. The number of fused-ring (bicyclic) bond motifs is 1. The molecule has 252 valence electrons. The Morgan fingerprint density at radius 3 is 2.21 bits per heavy atom. The summed E-state index contributed by atoms with van der Waals surface area (Å²) in [7, 11) is 1.21. The highest BCUT2D eigenvalue weighted by Crippen LogP contribution is 2.26. The lowest BCUT2D eigenvalue weighted by Gasteiger charge is -2.42. The monoisotopic (exact) mass is 730 g/mol. The molecule has 9 nitrogen and oxygen atoms in total. The molecule has 1 fully saturated rings. The van der Waals surface area contributed by atoms with Crippen LogP contribution in [0.3, 0.4) is 0 Å². The van der Waals surface area contributed by atoms with Gasteiger partial charge in [-0.05, 0) is 53.4 Å². The average Bonchev–Trinajstić information content (AvgIpc) is 3.49. The van der Waals surface area contributed by atoms with Crippen molar-refractivity contribution in [3.8, 4) is 0 Å². The van der Waals surface area contributed by atoms with Gasteiger partial charge < -0.3 is 24.4 Å². The van der Waals surface area contributed by atoms with Gasteiger partial charge in [-0.1, -0.05) is 88.9 Å². The van der Waals surface area contributed by atoms with Crippen molar-refractivity contribution in [2.24, 2.45) is 0 Å². The van der Waals surface area contributed by atoms with E-state index < -0.39 is 47.8 Å². The third kappa shape index (κ3) is 8.63. The topological polar surface area (TPSA) is 103 Å². The Labute approximate surface area is 298 Å². The zero-order valence-corrected chi connectivity index (χ0v) is 29.1. The van der Waals surface area contributed by atoms with E-state index >= 15 is 0 Å². The first-order valence-corrected chi connectivity index (χ1v) is 16.9. The van der Waals surface area contributed by atoms with Crippen molar-refractivity contribution in [2.45, 2.75) is 42.7 Å². The summed E-state index contributed by atoms with van der Waals surface area (Å²) in [5.41, 5.74) is 1.69. The molecular formula is C35H34Cl4N4O5. The zero-order chi connectivity index (χ0) is 34.4. The van der Waals surface area contributed by atoms with Crippen LogP contribution in [0.5, 0.6) is 0 Å². The van der Waals surface area contributed by atoms with Gasteiger partial charge in [0.05, 0.1) is 13.5 Å². The quantitative estimate of drug-likeness (QED) is 0.102. The van der Waals surface area contributed by atoms with Crippen molar-refractivity contribution in [1.29, 1.82) is 0 Å². The first kappa shape index (κ1) is 35.5. The number of alkyl halides is 2. The second-order valence-electron chi connectivity index (χ2n) is 11.5. The summed E-state index contributed by atoms with van der Waals surface area (Å²) < 4.78 is 4.85.